The Morgan fingerprint density at radius 2 is 1.32 bits per heavy atom. The molecule has 0 unspecified atom stereocenters. The molecule has 0 aromatic heterocycles. The van der Waals surface area contributed by atoms with Crippen molar-refractivity contribution in [2.45, 2.75) is 12.5 Å². The molecule has 0 saturated heterocycles. The van der Waals surface area contributed by atoms with Crippen molar-refractivity contribution in [1.29, 1.82) is 0 Å². The van der Waals surface area contributed by atoms with Gasteiger partial charge in [-0.05, 0) is 17.5 Å². The molecule has 0 aliphatic rings. The van der Waals surface area contributed by atoms with Gasteiger partial charge in [-0.3, -0.25) is 0 Å². The summed E-state index contributed by atoms with van der Waals surface area (Å²) >= 11 is 0. The van der Waals surface area contributed by atoms with Crippen LogP contribution in [0.3, 0.4) is 0 Å². The first-order valence-electron chi connectivity index (χ1n) is 5.03. The predicted molar refractivity (Wildman–Crippen MR) is 55.6 cm³/mol. The molecule has 19 heavy (non-hydrogen) atoms. The Labute approximate surface area is 103 Å². The van der Waals surface area contributed by atoms with Gasteiger partial charge in [-0.2, -0.15) is 13.2 Å². The predicted octanol–water partition coefficient (Wildman–Crippen LogP) is 4.76. The van der Waals surface area contributed by atoms with E-state index >= 15 is 0 Å². The molecule has 0 heterocycles. The van der Waals surface area contributed by atoms with Gasteiger partial charge in [-0.25, -0.2) is 0 Å². The normalized spacial score (nSPS) is 12.7. The van der Waals surface area contributed by atoms with E-state index in [-0.39, 0.29) is 10.8 Å². The van der Waals surface area contributed by atoms with E-state index in [0.717, 1.165) is 12.1 Å². The third kappa shape index (κ3) is 2.91. The summed E-state index contributed by atoms with van der Waals surface area (Å²) in [4.78, 5) is 0. The van der Waals surface area contributed by atoms with Crippen molar-refractivity contribution >= 4 is 10.8 Å². The minimum absolute atomic E-state index is 0.241. The fourth-order valence-corrected chi connectivity index (χ4v) is 1.73. The molecule has 0 fully saturated rings. The average Bonchev–Trinajstić information content (AvgIpc) is 2.25. The number of hydrogen-bond acceptors (Lipinski definition) is 1. The fraction of sp³-hybridized carbons (Fsp3) is 0.167. The van der Waals surface area contributed by atoms with Gasteiger partial charge in [0.15, 0.2) is 0 Å². The summed E-state index contributed by atoms with van der Waals surface area (Å²) in [5, 5.41) is -0.577. The molecule has 0 atom stereocenters. The third-order valence-electron chi connectivity index (χ3n) is 2.42. The number of ether oxygens (including phenoxy) is 1. The van der Waals surface area contributed by atoms with E-state index in [4.69, 9.17) is 0 Å². The Bertz CT molecular complexity index is 599. The van der Waals surface area contributed by atoms with Crippen molar-refractivity contribution in [3.63, 3.8) is 0 Å². The molecule has 0 N–H and O–H groups in total. The molecule has 102 valence electrons. The molecule has 2 rings (SSSR count). The zero-order valence-electron chi connectivity index (χ0n) is 9.14. The highest BCUT2D eigenvalue weighted by Gasteiger charge is 2.35. The van der Waals surface area contributed by atoms with E-state index in [0.29, 0.717) is 12.1 Å². The lowest BCUT2D eigenvalue weighted by atomic mass is 10.0. The molecular weight excluding hydrogens is 274 g/mol. The Morgan fingerprint density at radius 3 is 1.84 bits per heavy atom. The third-order valence-corrected chi connectivity index (χ3v) is 2.42. The molecule has 0 amide bonds. The second kappa shape index (κ2) is 4.32. The number of halogens is 6. The van der Waals surface area contributed by atoms with Crippen LogP contribution in [-0.2, 0) is 6.18 Å². The molecule has 0 spiro atoms. The van der Waals surface area contributed by atoms with E-state index < -0.39 is 23.9 Å². The summed E-state index contributed by atoms with van der Waals surface area (Å²) in [6, 6.07) is 6.13. The number of benzene rings is 2. The van der Waals surface area contributed by atoms with Gasteiger partial charge < -0.3 is 4.74 Å². The van der Waals surface area contributed by atoms with Crippen LogP contribution in [0.4, 0.5) is 26.3 Å². The zero-order chi connectivity index (χ0) is 14.3. The van der Waals surface area contributed by atoms with Crippen LogP contribution in [0.15, 0.2) is 36.4 Å². The molecule has 2 aromatic carbocycles. The Kier molecular flexibility index (Phi) is 3.07. The minimum atomic E-state index is -4.96. The monoisotopic (exact) mass is 280 g/mol. The molecule has 0 saturated carbocycles. The Balaban J connectivity index is 2.65. The lowest BCUT2D eigenvalue weighted by molar-refractivity contribution is -0.274. The van der Waals surface area contributed by atoms with Gasteiger partial charge in [0.05, 0.1) is 5.56 Å². The number of fused-ring (bicyclic) bond motifs is 1. The van der Waals surface area contributed by atoms with Crippen molar-refractivity contribution in [2.24, 2.45) is 0 Å². The zero-order valence-corrected chi connectivity index (χ0v) is 9.14. The average molecular weight is 280 g/mol. The van der Waals surface area contributed by atoms with Crippen LogP contribution in [0.1, 0.15) is 5.56 Å². The lowest BCUT2D eigenvalue weighted by Crippen LogP contribution is -2.17. The number of hydrogen-bond donors (Lipinski definition) is 0. The van der Waals surface area contributed by atoms with Crippen LogP contribution >= 0.6 is 0 Å². The molecule has 0 aliphatic heterocycles. The van der Waals surface area contributed by atoms with E-state index in [2.05, 4.69) is 4.74 Å². The quantitative estimate of drug-likeness (QED) is 0.684. The molecular formula is C12H6F6O. The first kappa shape index (κ1) is 13.5. The van der Waals surface area contributed by atoms with Gasteiger partial charge in [0.2, 0.25) is 0 Å². The molecule has 2 aromatic rings. The van der Waals surface area contributed by atoms with Crippen LogP contribution in [0, 0.1) is 0 Å². The topological polar surface area (TPSA) is 9.23 Å². The molecule has 0 radical (unpaired) electrons. The Morgan fingerprint density at radius 1 is 0.737 bits per heavy atom. The van der Waals surface area contributed by atoms with E-state index in [1.807, 2.05) is 0 Å². The SMILES string of the molecule is FC(F)(F)Oc1ccc(C(F)(F)F)c2ccccc12. The van der Waals surface area contributed by atoms with E-state index in [9.17, 15) is 26.3 Å². The van der Waals surface area contributed by atoms with Crippen molar-refractivity contribution in [3.05, 3.63) is 42.0 Å². The van der Waals surface area contributed by atoms with Gasteiger partial charge >= 0.3 is 12.5 Å². The smallest absolute Gasteiger partial charge is 0.405 e. The highest BCUT2D eigenvalue weighted by molar-refractivity contribution is 5.91. The summed E-state index contributed by atoms with van der Waals surface area (Å²) in [7, 11) is 0. The molecule has 0 aliphatic carbocycles. The maximum Gasteiger partial charge on any atom is 0.573 e. The highest BCUT2D eigenvalue weighted by Crippen LogP contribution is 2.39. The van der Waals surface area contributed by atoms with E-state index in [1.54, 1.807) is 0 Å². The summed E-state index contributed by atoms with van der Waals surface area (Å²) in [5.41, 5.74) is -1.00. The molecule has 7 heteroatoms. The van der Waals surface area contributed by atoms with Crippen molar-refractivity contribution in [3.8, 4) is 5.75 Å². The second-order valence-corrected chi connectivity index (χ2v) is 3.70. The Hall–Kier alpha value is -1.92. The van der Waals surface area contributed by atoms with Gasteiger partial charge in [-0.1, -0.05) is 24.3 Å². The summed E-state index contributed by atoms with van der Waals surface area (Å²) in [6.07, 6.45) is -9.60. The molecule has 0 bridgehead atoms. The van der Waals surface area contributed by atoms with Gasteiger partial charge in [0.1, 0.15) is 5.75 Å². The fourth-order valence-electron chi connectivity index (χ4n) is 1.73. The van der Waals surface area contributed by atoms with Crippen LogP contribution < -0.4 is 4.74 Å². The number of rotatable bonds is 1. The van der Waals surface area contributed by atoms with Crippen LogP contribution in [0.5, 0.6) is 5.75 Å². The van der Waals surface area contributed by atoms with Crippen LogP contribution in [0.25, 0.3) is 10.8 Å². The number of alkyl halides is 6. The summed E-state index contributed by atoms with van der Waals surface area (Å²) in [6.45, 7) is 0. The minimum Gasteiger partial charge on any atom is -0.405 e. The first-order chi connectivity index (χ1) is 8.68. The largest absolute Gasteiger partial charge is 0.573 e. The molecule has 1 nitrogen and oxygen atoms in total. The summed E-state index contributed by atoms with van der Waals surface area (Å²) in [5.74, 6) is -0.656. The van der Waals surface area contributed by atoms with Gasteiger partial charge in [0, 0.05) is 5.39 Å². The van der Waals surface area contributed by atoms with Gasteiger partial charge in [0.25, 0.3) is 0 Å². The maximum atomic E-state index is 12.7. The van der Waals surface area contributed by atoms with Crippen LogP contribution in [-0.4, -0.2) is 6.36 Å². The maximum absolute atomic E-state index is 12.7. The van der Waals surface area contributed by atoms with Crippen molar-refractivity contribution in [1.82, 2.24) is 0 Å². The lowest BCUT2D eigenvalue weighted by Gasteiger charge is -2.15. The van der Waals surface area contributed by atoms with Crippen LogP contribution in [0.2, 0.25) is 0 Å². The standard InChI is InChI=1S/C12H6F6O/c13-11(14,15)9-5-6-10(19-12(16,17)18)8-4-2-1-3-7(8)9/h1-6H. The second-order valence-electron chi connectivity index (χ2n) is 3.70. The summed E-state index contributed by atoms with van der Waals surface area (Å²) < 4.78 is 78.4. The van der Waals surface area contributed by atoms with Crippen molar-refractivity contribution < 1.29 is 31.1 Å². The van der Waals surface area contributed by atoms with E-state index in [1.165, 1.54) is 12.1 Å². The first-order valence-corrected chi connectivity index (χ1v) is 5.03. The highest BCUT2D eigenvalue weighted by atomic mass is 19.4. The van der Waals surface area contributed by atoms with Gasteiger partial charge in [-0.15, -0.1) is 13.2 Å². The van der Waals surface area contributed by atoms with Crippen molar-refractivity contribution in [2.75, 3.05) is 0 Å².